The van der Waals surface area contributed by atoms with E-state index in [4.69, 9.17) is 20.8 Å². The minimum Gasteiger partial charge on any atom is -0.507 e. The zero-order chi connectivity index (χ0) is 23.5. The Bertz CT molecular complexity index is 1300. The first kappa shape index (κ1) is 22.6. The number of phenols is 1. The Hall–Kier alpha value is -2.54. The summed E-state index contributed by atoms with van der Waals surface area (Å²) in [5.74, 6) is -0.163. The fourth-order valence-electron chi connectivity index (χ4n) is 4.26. The van der Waals surface area contributed by atoms with Crippen molar-refractivity contribution in [2.75, 3.05) is 6.61 Å². The largest absolute Gasteiger partial charge is 0.507 e. The molecule has 2 aromatic carbocycles. The number of rotatable bonds is 4. The van der Waals surface area contributed by atoms with E-state index in [2.05, 4.69) is 6.58 Å². The van der Waals surface area contributed by atoms with Gasteiger partial charge in [0.2, 0.25) is 5.43 Å². The molecule has 1 aromatic heterocycles. The van der Waals surface area contributed by atoms with Crippen molar-refractivity contribution in [3.63, 3.8) is 0 Å². The second-order valence-electron chi connectivity index (χ2n) is 9.18. The lowest BCUT2D eigenvalue weighted by Gasteiger charge is -2.32. The van der Waals surface area contributed by atoms with E-state index in [1.54, 1.807) is 32.9 Å². The van der Waals surface area contributed by atoms with Crippen LogP contribution in [0.25, 0.3) is 21.9 Å². The number of aliphatic hydroxyl groups is 2. The van der Waals surface area contributed by atoms with E-state index in [1.807, 2.05) is 6.92 Å². The molecule has 0 fully saturated rings. The normalized spacial score (nSPS) is 19.6. The molecule has 3 aromatic rings. The number of hydrogen-bond donors (Lipinski definition) is 3. The van der Waals surface area contributed by atoms with Crippen molar-refractivity contribution < 1.29 is 24.5 Å². The lowest BCUT2D eigenvalue weighted by molar-refractivity contribution is 0.0701. The quantitative estimate of drug-likeness (QED) is 0.302. The molecule has 0 aliphatic carbocycles. The van der Waals surface area contributed by atoms with Crippen LogP contribution in [0, 0.1) is 12.8 Å². The molecule has 3 atom stereocenters. The van der Waals surface area contributed by atoms with Crippen LogP contribution in [0.2, 0.25) is 0 Å². The third-order valence-corrected chi connectivity index (χ3v) is 6.52. The number of benzene rings is 2. The van der Waals surface area contributed by atoms with E-state index < -0.39 is 22.5 Å². The lowest BCUT2D eigenvalue weighted by atomic mass is 9.85. The molecule has 170 valence electrons. The highest BCUT2D eigenvalue weighted by Gasteiger charge is 2.35. The van der Waals surface area contributed by atoms with Crippen molar-refractivity contribution in [2.45, 2.75) is 51.2 Å². The fraction of sp³-hybridized carbons (Fsp3) is 0.400. The van der Waals surface area contributed by atoms with Crippen LogP contribution in [-0.2, 0) is 6.42 Å². The van der Waals surface area contributed by atoms with Gasteiger partial charge in [-0.25, -0.2) is 0 Å². The third-order valence-electron chi connectivity index (χ3n) is 6.27. The van der Waals surface area contributed by atoms with Crippen molar-refractivity contribution >= 4 is 33.5 Å². The Morgan fingerprint density at radius 3 is 2.66 bits per heavy atom. The number of alkyl halides is 1. The number of aromatic hydroxyl groups is 1. The highest BCUT2D eigenvalue weighted by molar-refractivity contribution is 6.23. The molecule has 2 heterocycles. The van der Waals surface area contributed by atoms with Gasteiger partial charge in [0, 0.05) is 17.9 Å². The summed E-state index contributed by atoms with van der Waals surface area (Å²) in [4.78, 5) is 12.8. The van der Waals surface area contributed by atoms with E-state index in [9.17, 15) is 20.1 Å². The van der Waals surface area contributed by atoms with E-state index in [1.165, 1.54) is 6.07 Å². The van der Waals surface area contributed by atoms with Crippen LogP contribution in [0.3, 0.4) is 0 Å². The van der Waals surface area contributed by atoms with Crippen molar-refractivity contribution in [1.29, 1.82) is 0 Å². The molecule has 7 heteroatoms. The van der Waals surface area contributed by atoms with Gasteiger partial charge in [0.05, 0.1) is 29.1 Å². The van der Waals surface area contributed by atoms with Gasteiger partial charge < -0.3 is 24.5 Å². The molecule has 4 rings (SSSR count). The highest BCUT2D eigenvalue weighted by atomic mass is 35.5. The molecule has 0 unspecified atom stereocenters. The first-order valence-corrected chi connectivity index (χ1v) is 10.9. The third kappa shape index (κ3) is 3.56. The monoisotopic (exact) mass is 458 g/mol. The summed E-state index contributed by atoms with van der Waals surface area (Å²) in [6.07, 6.45) is -1.77. The summed E-state index contributed by atoms with van der Waals surface area (Å²) >= 11 is 6.26. The average Bonchev–Trinajstić information content (AvgIpc) is 2.69. The first-order chi connectivity index (χ1) is 14.9. The first-order valence-electron chi connectivity index (χ1n) is 10.5. The molecule has 3 N–H and O–H groups in total. The summed E-state index contributed by atoms with van der Waals surface area (Å²) in [7, 11) is 0. The molecule has 0 saturated heterocycles. The van der Waals surface area contributed by atoms with Gasteiger partial charge in [-0.1, -0.05) is 18.2 Å². The number of ether oxygens (including phenoxy) is 1. The number of aliphatic hydroxyl groups excluding tert-OH is 2. The molecule has 0 bridgehead atoms. The molecular formula is C25H27ClO6. The molecule has 6 nitrogen and oxygen atoms in total. The van der Waals surface area contributed by atoms with E-state index in [0.29, 0.717) is 16.9 Å². The van der Waals surface area contributed by atoms with Crippen LogP contribution < -0.4 is 10.2 Å². The van der Waals surface area contributed by atoms with Crippen molar-refractivity contribution in [3.05, 3.63) is 57.3 Å². The van der Waals surface area contributed by atoms with Crippen molar-refractivity contribution in [1.82, 2.24) is 0 Å². The van der Waals surface area contributed by atoms with Gasteiger partial charge in [-0.3, -0.25) is 4.79 Å². The Kier molecular flexibility index (Phi) is 5.52. The van der Waals surface area contributed by atoms with E-state index in [-0.39, 0.29) is 46.6 Å². The highest BCUT2D eigenvalue weighted by Crippen LogP contribution is 2.44. The summed E-state index contributed by atoms with van der Waals surface area (Å²) in [6, 6.07) is 4.70. The zero-order valence-electron chi connectivity index (χ0n) is 18.5. The van der Waals surface area contributed by atoms with Gasteiger partial charge in [0.25, 0.3) is 0 Å². The standard InChI is InChI=1S/C25H27ClO6/c1-11(2)14-10-31-23-12(3)8-16-19(20(23)21(14)29)22(30)18-15(27)7-6-13(24(18)32-16)9-17(28)25(4,5)26/h6-8,14,17,21,27-29H,1,9-10H2,2-5H3/t14-,17+,21-/m1/s1. The fourth-order valence-corrected chi connectivity index (χ4v) is 4.33. The van der Waals surface area contributed by atoms with Crippen LogP contribution in [-0.4, -0.2) is 32.9 Å². The number of hydrogen-bond acceptors (Lipinski definition) is 6. The Morgan fingerprint density at radius 1 is 1.34 bits per heavy atom. The summed E-state index contributed by atoms with van der Waals surface area (Å²) < 4.78 is 12.0. The molecule has 1 aliphatic heterocycles. The van der Waals surface area contributed by atoms with Crippen LogP contribution in [0.1, 0.15) is 43.6 Å². The van der Waals surface area contributed by atoms with Gasteiger partial charge in [-0.15, -0.1) is 11.6 Å². The SMILES string of the molecule is C=C(C)[C@H]1COc2c(C)cc3oc4c(C[C@H](O)C(C)(C)Cl)ccc(O)c4c(=O)c3c2[C@@H]1O. The van der Waals surface area contributed by atoms with Gasteiger partial charge in [-0.2, -0.15) is 0 Å². The van der Waals surface area contributed by atoms with Crippen LogP contribution in [0.5, 0.6) is 11.5 Å². The van der Waals surface area contributed by atoms with Crippen molar-refractivity contribution in [3.8, 4) is 11.5 Å². The molecule has 0 radical (unpaired) electrons. The average molecular weight is 459 g/mol. The number of halogens is 1. The Morgan fingerprint density at radius 2 is 2.03 bits per heavy atom. The van der Waals surface area contributed by atoms with Gasteiger partial charge in [0.1, 0.15) is 28.1 Å². The Labute approximate surface area is 190 Å². The zero-order valence-corrected chi connectivity index (χ0v) is 19.3. The molecular weight excluding hydrogens is 432 g/mol. The Balaban J connectivity index is 2.05. The van der Waals surface area contributed by atoms with E-state index >= 15 is 0 Å². The maximum absolute atomic E-state index is 13.7. The van der Waals surface area contributed by atoms with Crippen molar-refractivity contribution in [2.24, 2.45) is 5.92 Å². The maximum Gasteiger partial charge on any atom is 0.204 e. The predicted octanol–water partition coefficient (Wildman–Crippen LogP) is 4.50. The van der Waals surface area contributed by atoms with Gasteiger partial charge >= 0.3 is 0 Å². The summed E-state index contributed by atoms with van der Waals surface area (Å²) in [6.45, 7) is 11.2. The topological polar surface area (TPSA) is 100 Å². The number of phenolic OH excluding ortho intramolecular Hbond substituents is 1. The molecule has 1 aliphatic rings. The molecule has 0 saturated carbocycles. The number of fused-ring (bicyclic) bond motifs is 4. The maximum atomic E-state index is 13.7. The minimum absolute atomic E-state index is 0.00900. The predicted molar refractivity (Wildman–Crippen MR) is 125 cm³/mol. The van der Waals surface area contributed by atoms with E-state index in [0.717, 1.165) is 11.1 Å². The minimum atomic E-state index is -0.997. The second kappa shape index (κ2) is 7.80. The molecule has 32 heavy (non-hydrogen) atoms. The lowest BCUT2D eigenvalue weighted by Crippen LogP contribution is -2.32. The number of aryl methyl sites for hydroxylation is 1. The van der Waals surface area contributed by atoms with Crippen LogP contribution >= 0.6 is 11.6 Å². The second-order valence-corrected chi connectivity index (χ2v) is 10.2. The van der Waals surface area contributed by atoms with Gasteiger partial charge in [-0.05, 0) is 51.0 Å². The van der Waals surface area contributed by atoms with Gasteiger partial charge in [0.15, 0.2) is 0 Å². The molecule has 0 amide bonds. The summed E-state index contributed by atoms with van der Waals surface area (Å²) in [5, 5.41) is 32.3. The molecule has 0 spiro atoms. The van der Waals surface area contributed by atoms with Crippen LogP contribution in [0.4, 0.5) is 0 Å². The summed E-state index contributed by atoms with van der Waals surface area (Å²) in [5.41, 5.74) is 2.34. The smallest absolute Gasteiger partial charge is 0.204 e. The van der Waals surface area contributed by atoms with Crippen LogP contribution in [0.15, 0.2) is 39.6 Å².